The number of amides is 1. The number of rotatable bonds is 7. The summed E-state index contributed by atoms with van der Waals surface area (Å²) >= 11 is 0. The Morgan fingerprint density at radius 2 is 1.96 bits per heavy atom. The zero-order valence-electron chi connectivity index (χ0n) is 16.4. The average molecular weight is 379 g/mol. The second-order valence-electron chi connectivity index (χ2n) is 6.75. The summed E-state index contributed by atoms with van der Waals surface area (Å²) < 4.78 is 1.48. The zero-order chi connectivity index (χ0) is 20.1. The molecule has 0 unspecified atom stereocenters. The van der Waals surface area contributed by atoms with Gasteiger partial charge >= 0.3 is 0 Å². The van der Waals surface area contributed by atoms with Gasteiger partial charge in [-0.25, -0.2) is 4.98 Å². The molecule has 146 valence electrons. The highest BCUT2D eigenvalue weighted by atomic mass is 16.2. The van der Waals surface area contributed by atoms with Crippen LogP contribution in [0.5, 0.6) is 0 Å². The van der Waals surface area contributed by atoms with Gasteiger partial charge in [0.25, 0.3) is 5.56 Å². The number of hydrogen-bond donors (Lipinski definition) is 2. The molecule has 0 spiro atoms. The topological polar surface area (TPSA) is 92.7 Å². The van der Waals surface area contributed by atoms with Gasteiger partial charge in [0.1, 0.15) is 5.82 Å². The molecule has 2 N–H and O–H groups in total. The van der Waals surface area contributed by atoms with E-state index < -0.39 is 0 Å². The van der Waals surface area contributed by atoms with Gasteiger partial charge < -0.3 is 5.32 Å². The van der Waals surface area contributed by atoms with Crippen LogP contribution in [0.4, 0.5) is 5.82 Å². The molecule has 0 radical (unpaired) electrons. The summed E-state index contributed by atoms with van der Waals surface area (Å²) in [5.41, 5.74) is 2.13. The van der Waals surface area contributed by atoms with Crippen molar-refractivity contribution in [2.45, 2.75) is 46.0 Å². The van der Waals surface area contributed by atoms with Gasteiger partial charge in [0, 0.05) is 17.8 Å². The smallest absolute Gasteiger partial charge is 0.252 e. The Labute approximate surface area is 163 Å². The lowest BCUT2D eigenvalue weighted by Crippen LogP contribution is -2.23. The lowest BCUT2D eigenvalue weighted by Gasteiger charge is -2.16. The van der Waals surface area contributed by atoms with Crippen LogP contribution >= 0.6 is 0 Å². The molecular weight excluding hydrogens is 354 g/mol. The van der Waals surface area contributed by atoms with Gasteiger partial charge in [-0.3, -0.25) is 14.6 Å². The highest BCUT2D eigenvalue weighted by Gasteiger charge is 2.21. The van der Waals surface area contributed by atoms with Gasteiger partial charge in [0.05, 0.1) is 11.6 Å². The standard InChI is InChI=1S/C21H25N5O2/c1-4-9-16-13-19(27)24-21(22-16)26-18(12-14(3)25-26)23-20(28)17(5-2)15-10-7-6-8-11-15/h6-8,10-13,17H,4-5,9H2,1-3H3,(H,23,28)(H,22,24,27)/t17-/m1/s1. The van der Waals surface area contributed by atoms with Crippen molar-refractivity contribution < 1.29 is 4.79 Å². The van der Waals surface area contributed by atoms with Crippen LogP contribution in [-0.4, -0.2) is 25.7 Å². The molecule has 0 saturated heterocycles. The summed E-state index contributed by atoms with van der Waals surface area (Å²) in [4.78, 5) is 32.1. The lowest BCUT2D eigenvalue weighted by molar-refractivity contribution is -0.117. The first kappa shape index (κ1) is 19.5. The third-order valence-electron chi connectivity index (χ3n) is 4.50. The molecule has 7 heteroatoms. The molecule has 2 aromatic heterocycles. The Hall–Kier alpha value is -3.22. The summed E-state index contributed by atoms with van der Waals surface area (Å²) in [5, 5.41) is 7.35. The van der Waals surface area contributed by atoms with Crippen molar-refractivity contribution in [1.82, 2.24) is 19.7 Å². The number of benzene rings is 1. The fraction of sp³-hybridized carbons (Fsp3) is 0.333. The van der Waals surface area contributed by atoms with Crippen LogP contribution in [0.1, 0.15) is 49.6 Å². The summed E-state index contributed by atoms with van der Waals surface area (Å²) in [6.07, 6.45) is 2.25. The minimum atomic E-state index is -0.275. The van der Waals surface area contributed by atoms with E-state index in [9.17, 15) is 9.59 Å². The summed E-state index contributed by atoms with van der Waals surface area (Å²) in [5.74, 6) is 0.381. The molecule has 0 aliphatic heterocycles. The molecule has 1 atom stereocenters. The number of carbonyl (C=O) groups excluding carboxylic acids is 1. The van der Waals surface area contributed by atoms with Gasteiger partial charge in [-0.2, -0.15) is 9.78 Å². The van der Waals surface area contributed by atoms with Crippen LogP contribution in [0.2, 0.25) is 0 Å². The largest absolute Gasteiger partial charge is 0.310 e. The molecule has 1 aromatic carbocycles. The van der Waals surface area contributed by atoms with Crippen molar-refractivity contribution in [1.29, 1.82) is 0 Å². The number of nitrogens with zero attached hydrogens (tertiary/aromatic N) is 3. The maximum Gasteiger partial charge on any atom is 0.252 e. The predicted molar refractivity (Wildman–Crippen MR) is 109 cm³/mol. The van der Waals surface area contributed by atoms with Crippen molar-refractivity contribution in [3.8, 4) is 5.95 Å². The van der Waals surface area contributed by atoms with Crippen LogP contribution in [0.15, 0.2) is 47.3 Å². The van der Waals surface area contributed by atoms with Crippen molar-refractivity contribution in [3.05, 3.63) is 69.8 Å². The number of hydrogen-bond acceptors (Lipinski definition) is 4. The minimum absolute atomic E-state index is 0.123. The van der Waals surface area contributed by atoms with E-state index in [0.29, 0.717) is 36.0 Å². The van der Waals surface area contributed by atoms with E-state index in [2.05, 4.69) is 20.4 Å². The molecule has 3 rings (SSSR count). The number of nitrogens with one attached hydrogen (secondary N) is 2. The molecule has 0 aliphatic rings. The molecule has 0 saturated carbocycles. The molecule has 2 heterocycles. The Morgan fingerprint density at radius 3 is 2.64 bits per heavy atom. The van der Waals surface area contributed by atoms with E-state index in [0.717, 1.165) is 12.0 Å². The van der Waals surface area contributed by atoms with Crippen molar-refractivity contribution in [2.75, 3.05) is 5.32 Å². The quantitative estimate of drug-likeness (QED) is 0.658. The first-order valence-electron chi connectivity index (χ1n) is 9.55. The zero-order valence-corrected chi connectivity index (χ0v) is 16.4. The van der Waals surface area contributed by atoms with Gasteiger partial charge in [0.2, 0.25) is 11.9 Å². The summed E-state index contributed by atoms with van der Waals surface area (Å²) in [7, 11) is 0. The van der Waals surface area contributed by atoms with Gasteiger partial charge in [0.15, 0.2) is 0 Å². The Morgan fingerprint density at radius 1 is 1.21 bits per heavy atom. The summed E-state index contributed by atoms with van der Waals surface area (Å²) in [6.45, 7) is 5.84. The molecule has 1 amide bonds. The number of aromatic amines is 1. The highest BCUT2D eigenvalue weighted by Crippen LogP contribution is 2.22. The monoisotopic (exact) mass is 379 g/mol. The van der Waals surface area contributed by atoms with Crippen LogP contribution < -0.4 is 10.9 Å². The predicted octanol–water partition coefficient (Wildman–Crippen LogP) is 3.35. The molecule has 28 heavy (non-hydrogen) atoms. The van der Waals surface area contributed by atoms with Gasteiger partial charge in [-0.05, 0) is 25.3 Å². The highest BCUT2D eigenvalue weighted by molar-refractivity contribution is 5.95. The van der Waals surface area contributed by atoms with E-state index in [4.69, 9.17) is 0 Å². The normalized spacial score (nSPS) is 12.0. The van der Waals surface area contributed by atoms with E-state index >= 15 is 0 Å². The van der Waals surface area contributed by atoms with Crippen molar-refractivity contribution >= 4 is 11.7 Å². The number of H-pyrrole nitrogens is 1. The maximum atomic E-state index is 12.9. The maximum absolute atomic E-state index is 12.9. The molecule has 0 aliphatic carbocycles. The number of carbonyl (C=O) groups is 1. The van der Waals surface area contributed by atoms with Crippen LogP contribution in [0.25, 0.3) is 5.95 Å². The molecule has 0 bridgehead atoms. The lowest BCUT2D eigenvalue weighted by atomic mass is 9.96. The fourth-order valence-corrected chi connectivity index (χ4v) is 3.20. The van der Waals surface area contributed by atoms with Crippen molar-refractivity contribution in [3.63, 3.8) is 0 Å². The number of aryl methyl sites for hydroxylation is 2. The first-order chi connectivity index (χ1) is 13.5. The Balaban J connectivity index is 1.93. The van der Waals surface area contributed by atoms with Gasteiger partial charge in [-0.15, -0.1) is 0 Å². The molecular formula is C21H25N5O2. The fourth-order valence-electron chi connectivity index (χ4n) is 3.20. The Kier molecular flexibility index (Phi) is 6.03. The second kappa shape index (κ2) is 8.65. The van der Waals surface area contributed by atoms with E-state index in [-0.39, 0.29) is 17.4 Å². The third kappa shape index (κ3) is 4.36. The minimum Gasteiger partial charge on any atom is -0.310 e. The van der Waals surface area contributed by atoms with E-state index in [1.54, 1.807) is 6.07 Å². The third-order valence-corrected chi connectivity index (χ3v) is 4.50. The summed E-state index contributed by atoms with van der Waals surface area (Å²) in [6, 6.07) is 12.9. The average Bonchev–Trinajstić information content (AvgIpc) is 3.03. The first-order valence-corrected chi connectivity index (χ1v) is 9.55. The number of aromatic nitrogens is 4. The number of anilines is 1. The van der Waals surface area contributed by atoms with Crippen LogP contribution in [0, 0.1) is 6.92 Å². The van der Waals surface area contributed by atoms with Crippen molar-refractivity contribution in [2.24, 2.45) is 0 Å². The van der Waals surface area contributed by atoms with Crippen LogP contribution in [0.3, 0.4) is 0 Å². The van der Waals surface area contributed by atoms with E-state index in [1.807, 2.05) is 51.1 Å². The van der Waals surface area contributed by atoms with E-state index in [1.165, 1.54) is 10.7 Å². The molecule has 0 fully saturated rings. The van der Waals surface area contributed by atoms with Gasteiger partial charge in [-0.1, -0.05) is 50.6 Å². The molecule has 7 nitrogen and oxygen atoms in total. The van der Waals surface area contributed by atoms with Crippen LogP contribution in [-0.2, 0) is 11.2 Å². The molecule has 3 aromatic rings. The Bertz CT molecular complexity index is 1010. The SMILES string of the molecule is CCCc1cc(=O)[nH]c(-n2nc(C)cc2NC(=O)[C@H](CC)c2ccccc2)n1. The second-order valence-corrected chi connectivity index (χ2v) is 6.75.